The lowest BCUT2D eigenvalue weighted by molar-refractivity contribution is 0.101. The zero-order valence-corrected chi connectivity index (χ0v) is 15.8. The van der Waals surface area contributed by atoms with E-state index in [4.69, 9.17) is 4.99 Å². The molecular formula is C23H20FN3O. The lowest BCUT2D eigenvalue weighted by atomic mass is 9.96. The SMILES string of the molecule is CC(=O)c1ncn2c1[C@H](C)N=C(c1ccccc1F)c1cc(C3CC3)ccc1-2. The second-order valence-electron chi connectivity index (χ2n) is 7.59. The smallest absolute Gasteiger partial charge is 0.180 e. The number of hydrogen-bond acceptors (Lipinski definition) is 3. The summed E-state index contributed by atoms with van der Waals surface area (Å²) in [4.78, 5) is 21.4. The number of aliphatic imine (C=N–C) groups is 1. The molecule has 0 unspecified atom stereocenters. The molecule has 0 bridgehead atoms. The van der Waals surface area contributed by atoms with Crippen LogP contribution in [0.3, 0.4) is 0 Å². The Hall–Kier alpha value is -3.08. The quantitative estimate of drug-likeness (QED) is 0.606. The number of carbonyl (C=O) groups is 1. The van der Waals surface area contributed by atoms with Crippen molar-refractivity contribution in [1.82, 2.24) is 9.55 Å². The predicted molar refractivity (Wildman–Crippen MR) is 106 cm³/mol. The van der Waals surface area contributed by atoms with Gasteiger partial charge in [0.15, 0.2) is 5.78 Å². The van der Waals surface area contributed by atoms with Gasteiger partial charge in [-0.3, -0.25) is 14.4 Å². The number of fused-ring (bicyclic) bond motifs is 3. The van der Waals surface area contributed by atoms with Crippen molar-refractivity contribution >= 4 is 11.5 Å². The van der Waals surface area contributed by atoms with Crippen LogP contribution < -0.4 is 0 Å². The van der Waals surface area contributed by atoms with Gasteiger partial charge in [0.2, 0.25) is 0 Å². The molecule has 1 aliphatic heterocycles. The first kappa shape index (κ1) is 17.0. The molecule has 2 heterocycles. The second-order valence-corrected chi connectivity index (χ2v) is 7.59. The van der Waals surface area contributed by atoms with Crippen LogP contribution in [0.1, 0.15) is 71.5 Å². The molecule has 1 aromatic heterocycles. The number of halogens is 1. The Kier molecular flexibility index (Phi) is 3.79. The highest BCUT2D eigenvalue weighted by atomic mass is 19.1. The first-order valence-corrected chi connectivity index (χ1v) is 9.60. The van der Waals surface area contributed by atoms with Crippen molar-refractivity contribution < 1.29 is 9.18 Å². The molecule has 5 rings (SSSR count). The molecule has 0 radical (unpaired) electrons. The number of Topliss-reactive ketones (excluding diaryl/α,β-unsaturated/α-hetero) is 1. The van der Waals surface area contributed by atoms with Crippen molar-refractivity contribution in [2.45, 2.75) is 38.6 Å². The number of rotatable bonds is 3. The number of benzene rings is 2. The van der Waals surface area contributed by atoms with Gasteiger partial charge >= 0.3 is 0 Å². The first-order chi connectivity index (χ1) is 13.5. The Balaban J connectivity index is 1.81. The van der Waals surface area contributed by atoms with E-state index in [0.717, 1.165) is 16.9 Å². The van der Waals surface area contributed by atoms with E-state index in [0.29, 0.717) is 22.9 Å². The summed E-state index contributed by atoms with van der Waals surface area (Å²) < 4.78 is 16.6. The average molecular weight is 373 g/mol. The molecule has 3 aromatic rings. The number of hydrogen-bond donors (Lipinski definition) is 0. The van der Waals surface area contributed by atoms with Gasteiger partial charge < -0.3 is 0 Å². The number of nitrogens with zero attached hydrogens (tertiary/aromatic N) is 3. The molecule has 0 amide bonds. The molecule has 2 aromatic carbocycles. The Morgan fingerprint density at radius 2 is 1.93 bits per heavy atom. The minimum atomic E-state index is -0.326. The van der Waals surface area contributed by atoms with Gasteiger partial charge in [-0.05, 0) is 55.5 Å². The highest BCUT2D eigenvalue weighted by Crippen LogP contribution is 2.42. The van der Waals surface area contributed by atoms with Crippen molar-refractivity contribution in [3.8, 4) is 5.69 Å². The monoisotopic (exact) mass is 373 g/mol. The van der Waals surface area contributed by atoms with E-state index in [1.807, 2.05) is 23.6 Å². The maximum atomic E-state index is 14.7. The van der Waals surface area contributed by atoms with E-state index < -0.39 is 0 Å². The second kappa shape index (κ2) is 6.23. The largest absolute Gasteiger partial charge is 0.300 e. The van der Waals surface area contributed by atoms with Gasteiger partial charge in [0.25, 0.3) is 0 Å². The van der Waals surface area contributed by atoms with Crippen LogP contribution in [0.2, 0.25) is 0 Å². The Morgan fingerprint density at radius 1 is 1.14 bits per heavy atom. The summed E-state index contributed by atoms with van der Waals surface area (Å²) in [7, 11) is 0. The van der Waals surface area contributed by atoms with Crippen molar-refractivity contribution in [2.75, 3.05) is 0 Å². The van der Waals surface area contributed by atoms with Crippen LogP contribution in [0, 0.1) is 5.82 Å². The fraction of sp³-hybridized carbons (Fsp3) is 0.261. The molecule has 1 aliphatic carbocycles. The maximum absolute atomic E-state index is 14.7. The standard InChI is InChI=1S/C23H20FN3O/c1-13-23-21(14(2)28)25-12-27(23)20-10-9-16(15-7-8-15)11-18(20)22(26-13)17-5-3-4-6-19(17)24/h3-6,9-13,15H,7-8H2,1-2H3/t13-/m0/s1. The highest BCUT2D eigenvalue weighted by molar-refractivity contribution is 6.15. The summed E-state index contributed by atoms with van der Waals surface area (Å²) in [6, 6.07) is 12.7. The number of aromatic nitrogens is 2. The molecule has 1 atom stereocenters. The normalized spacial score (nSPS) is 18.1. The van der Waals surface area contributed by atoms with Crippen LogP contribution in [0.5, 0.6) is 0 Å². The minimum absolute atomic E-state index is 0.0960. The third kappa shape index (κ3) is 2.61. The summed E-state index contributed by atoms with van der Waals surface area (Å²) >= 11 is 0. The predicted octanol–water partition coefficient (Wildman–Crippen LogP) is 5.00. The van der Waals surface area contributed by atoms with Crippen LogP contribution in [0.4, 0.5) is 4.39 Å². The molecule has 4 nitrogen and oxygen atoms in total. The molecule has 5 heteroatoms. The zero-order valence-electron chi connectivity index (χ0n) is 15.8. The average Bonchev–Trinajstić information content (AvgIpc) is 3.45. The number of ketones is 1. The summed E-state index contributed by atoms with van der Waals surface area (Å²) in [5, 5.41) is 0. The van der Waals surface area contributed by atoms with Gasteiger partial charge in [-0.15, -0.1) is 0 Å². The Bertz CT molecular complexity index is 1140. The van der Waals surface area contributed by atoms with Gasteiger partial charge in [-0.2, -0.15) is 0 Å². The van der Waals surface area contributed by atoms with Crippen molar-refractivity contribution in [3.05, 3.63) is 82.7 Å². The van der Waals surface area contributed by atoms with E-state index in [9.17, 15) is 9.18 Å². The van der Waals surface area contributed by atoms with Crippen LogP contribution in [0.15, 0.2) is 53.8 Å². The summed E-state index contributed by atoms with van der Waals surface area (Å²) in [6.07, 6.45) is 4.05. The van der Waals surface area contributed by atoms with Crippen molar-refractivity contribution in [3.63, 3.8) is 0 Å². The van der Waals surface area contributed by atoms with E-state index in [1.54, 1.807) is 18.5 Å². The summed E-state index contributed by atoms with van der Waals surface area (Å²) in [5.74, 6) is 0.178. The fourth-order valence-electron chi connectivity index (χ4n) is 4.04. The zero-order chi connectivity index (χ0) is 19.4. The highest BCUT2D eigenvalue weighted by Gasteiger charge is 2.30. The Morgan fingerprint density at radius 3 is 2.64 bits per heavy atom. The third-order valence-electron chi connectivity index (χ3n) is 5.57. The van der Waals surface area contributed by atoms with E-state index in [1.165, 1.54) is 31.4 Å². The lowest BCUT2D eigenvalue weighted by Crippen LogP contribution is -2.09. The number of carbonyl (C=O) groups excluding carboxylic acids is 1. The van der Waals surface area contributed by atoms with Crippen molar-refractivity contribution in [1.29, 1.82) is 0 Å². The van der Waals surface area contributed by atoms with Crippen LogP contribution in [-0.4, -0.2) is 21.0 Å². The fourth-order valence-corrected chi connectivity index (χ4v) is 4.04. The van der Waals surface area contributed by atoms with Crippen LogP contribution in [0.25, 0.3) is 5.69 Å². The molecule has 0 N–H and O–H groups in total. The third-order valence-corrected chi connectivity index (χ3v) is 5.57. The van der Waals surface area contributed by atoms with Crippen LogP contribution >= 0.6 is 0 Å². The minimum Gasteiger partial charge on any atom is -0.300 e. The van der Waals surface area contributed by atoms with E-state index in [-0.39, 0.29) is 17.6 Å². The van der Waals surface area contributed by atoms with Gasteiger partial charge in [0.05, 0.1) is 23.1 Å². The first-order valence-electron chi connectivity index (χ1n) is 9.60. The summed E-state index contributed by atoms with van der Waals surface area (Å²) in [6.45, 7) is 3.44. The molecule has 28 heavy (non-hydrogen) atoms. The number of imidazole rings is 1. The molecular weight excluding hydrogens is 353 g/mol. The topological polar surface area (TPSA) is 47.2 Å². The molecule has 2 aliphatic rings. The van der Waals surface area contributed by atoms with Gasteiger partial charge in [-0.25, -0.2) is 9.37 Å². The molecule has 1 fully saturated rings. The van der Waals surface area contributed by atoms with E-state index >= 15 is 0 Å². The molecule has 1 saturated carbocycles. The van der Waals surface area contributed by atoms with E-state index in [2.05, 4.69) is 17.1 Å². The maximum Gasteiger partial charge on any atom is 0.180 e. The summed E-state index contributed by atoms with van der Waals surface area (Å²) in [5.41, 5.74) is 5.29. The van der Waals surface area contributed by atoms with Gasteiger partial charge in [-0.1, -0.05) is 18.2 Å². The molecule has 140 valence electrons. The Labute approximate surface area is 162 Å². The lowest BCUT2D eigenvalue weighted by Gasteiger charge is -2.14. The molecule has 0 saturated heterocycles. The van der Waals surface area contributed by atoms with Crippen molar-refractivity contribution in [2.24, 2.45) is 4.99 Å². The van der Waals surface area contributed by atoms with Gasteiger partial charge in [0.1, 0.15) is 17.8 Å². The van der Waals surface area contributed by atoms with Gasteiger partial charge in [0, 0.05) is 18.1 Å². The van der Waals surface area contributed by atoms with Crippen LogP contribution in [-0.2, 0) is 0 Å². The molecule has 0 spiro atoms.